The van der Waals surface area contributed by atoms with E-state index in [2.05, 4.69) is 35.1 Å². The molecule has 1 aromatic rings. The van der Waals surface area contributed by atoms with Gasteiger partial charge in [0.2, 0.25) is 11.8 Å². The van der Waals surface area contributed by atoms with Gasteiger partial charge >= 0.3 is 0 Å². The number of rotatable bonds is 5. The van der Waals surface area contributed by atoms with Crippen LogP contribution in [0.2, 0.25) is 0 Å². The first kappa shape index (κ1) is 16.5. The summed E-state index contributed by atoms with van der Waals surface area (Å²) in [6, 6.07) is 1.22. The van der Waals surface area contributed by atoms with Crippen LogP contribution in [0.25, 0.3) is 0 Å². The molecule has 116 valence electrons. The SMILES string of the molecule is CCC1C(=O)NC(CC(C)C)C(=O)N1Cc1sccc1Br. The number of carbonyl (C=O) groups is 2. The molecule has 1 fully saturated rings. The lowest BCUT2D eigenvalue weighted by atomic mass is 9.97. The molecule has 0 spiro atoms. The first-order valence-corrected chi connectivity index (χ1v) is 8.94. The number of nitrogens with zero attached hydrogens (tertiary/aromatic N) is 1. The van der Waals surface area contributed by atoms with Gasteiger partial charge in [-0.1, -0.05) is 20.8 Å². The Hall–Kier alpha value is -0.880. The maximum Gasteiger partial charge on any atom is 0.246 e. The Balaban J connectivity index is 2.22. The van der Waals surface area contributed by atoms with Crippen molar-refractivity contribution in [3.05, 3.63) is 20.8 Å². The van der Waals surface area contributed by atoms with Gasteiger partial charge in [0.25, 0.3) is 0 Å². The summed E-state index contributed by atoms with van der Waals surface area (Å²) >= 11 is 5.10. The fraction of sp³-hybridized carbons (Fsp3) is 0.600. The lowest BCUT2D eigenvalue weighted by Gasteiger charge is -2.39. The second-order valence-corrected chi connectivity index (χ2v) is 7.63. The molecule has 1 saturated heterocycles. The minimum Gasteiger partial charge on any atom is -0.342 e. The van der Waals surface area contributed by atoms with Crippen molar-refractivity contribution >= 4 is 39.1 Å². The quantitative estimate of drug-likeness (QED) is 0.862. The maximum atomic E-state index is 12.7. The van der Waals surface area contributed by atoms with Crippen molar-refractivity contribution in [3.63, 3.8) is 0 Å². The van der Waals surface area contributed by atoms with Gasteiger partial charge in [-0.3, -0.25) is 9.59 Å². The van der Waals surface area contributed by atoms with E-state index in [1.807, 2.05) is 18.4 Å². The van der Waals surface area contributed by atoms with Gasteiger partial charge in [0.05, 0.1) is 6.54 Å². The zero-order valence-electron chi connectivity index (χ0n) is 12.6. The third-order valence-electron chi connectivity index (χ3n) is 3.68. The van der Waals surface area contributed by atoms with Gasteiger partial charge in [-0.25, -0.2) is 0 Å². The maximum absolute atomic E-state index is 12.7. The number of hydrogen-bond acceptors (Lipinski definition) is 3. The molecule has 0 radical (unpaired) electrons. The van der Waals surface area contributed by atoms with Gasteiger partial charge in [-0.15, -0.1) is 11.3 Å². The largest absolute Gasteiger partial charge is 0.342 e. The Kier molecular flexibility index (Phi) is 5.43. The number of thiophene rings is 1. The number of hydrogen-bond donors (Lipinski definition) is 1. The summed E-state index contributed by atoms with van der Waals surface area (Å²) in [5.74, 6) is 0.374. The highest BCUT2D eigenvalue weighted by atomic mass is 79.9. The van der Waals surface area contributed by atoms with Crippen LogP contribution < -0.4 is 5.32 Å². The van der Waals surface area contributed by atoms with Gasteiger partial charge in [-0.2, -0.15) is 0 Å². The third kappa shape index (κ3) is 3.66. The highest BCUT2D eigenvalue weighted by molar-refractivity contribution is 9.10. The molecule has 6 heteroatoms. The van der Waals surface area contributed by atoms with Gasteiger partial charge in [0.1, 0.15) is 12.1 Å². The molecule has 1 aromatic heterocycles. The second-order valence-electron chi connectivity index (χ2n) is 5.77. The summed E-state index contributed by atoms with van der Waals surface area (Å²) in [6.07, 6.45) is 1.32. The molecule has 21 heavy (non-hydrogen) atoms. The van der Waals surface area contributed by atoms with Crippen LogP contribution in [0, 0.1) is 5.92 Å². The van der Waals surface area contributed by atoms with Crippen LogP contribution in [0.15, 0.2) is 15.9 Å². The Bertz CT molecular complexity index is 529. The van der Waals surface area contributed by atoms with Crippen LogP contribution in [0.3, 0.4) is 0 Å². The van der Waals surface area contributed by atoms with Crippen molar-refractivity contribution in [2.75, 3.05) is 0 Å². The Morgan fingerprint density at radius 2 is 2.14 bits per heavy atom. The zero-order valence-corrected chi connectivity index (χ0v) is 15.0. The molecule has 0 bridgehead atoms. The highest BCUT2D eigenvalue weighted by Gasteiger charge is 2.39. The summed E-state index contributed by atoms with van der Waals surface area (Å²) in [7, 11) is 0. The molecule has 2 amide bonds. The number of halogens is 1. The number of carbonyl (C=O) groups excluding carboxylic acids is 2. The number of piperazine rings is 1. The summed E-state index contributed by atoms with van der Waals surface area (Å²) in [6.45, 7) is 6.56. The Morgan fingerprint density at radius 3 is 2.67 bits per heavy atom. The first-order chi connectivity index (χ1) is 9.93. The van der Waals surface area contributed by atoms with E-state index >= 15 is 0 Å². The molecular weight excluding hydrogens is 352 g/mol. The molecule has 2 unspecified atom stereocenters. The molecule has 0 aliphatic carbocycles. The molecule has 2 atom stereocenters. The molecule has 1 aliphatic heterocycles. The number of nitrogens with one attached hydrogen (secondary N) is 1. The van der Waals surface area contributed by atoms with E-state index in [9.17, 15) is 9.59 Å². The van der Waals surface area contributed by atoms with E-state index in [-0.39, 0.29) is 23.9 Å². The van der Waals surface area contributed by atoms with Crippen molar-refractivity contribution in [2.45, 2.75) is 52.2 Å². The van der Waals surface area contributed by atoms with Crippen molar-refractivity contribution in [1.29, 1.82) is 0 Å². The van der Waals surface area contributed by atoms with Gasteiger partial charge in [-0.05, 0) is 46.1 Å². The topological polar surface area (TPSA) is 49.4 Å². The number of amides is 2. The van der Waals surface area contributed by atoms with E-state index in [0.717, 1.165) is 9.35 Å². The van der Waals surface area contributed by atoms with Crippen molar-refractivity contribution < 1.29 is 9.59 Å². The van der Waals surface area contributed by atoms with E-state index in [1.165, 1.54) is 0 Å². The van der Waals surface area contributed by atoms with E-state index in [1.54, 1.807) is 16.2 Å². The van der Waals surface area contributed by atoms with Crippen LogP contribution in [0.4, 0.5) is 0 Å². The smallest absolute Gasteiger partial charge is 0.246 e. The summed E-state index contributed by atoms with van der Waals surface area (Å²) in [5, 5.41) is 4.87. The van der Waals surface area contributed by atoms with Crippen LogP contribution in [-0.4, -0.2) is 28.8 Å². The van der Waals surface area contributed by atoms with E-state index in [0.29, 0.717) is 25.3 Å². The van der Waals surface area contributed by atoms with Crippen LogP contribution in [-0.2, 0) is 16.1 Å². The normalized spacial score (nSPS) is 22.8. The fourth-order valence-corrected chi connectivity index (χ4v) is 4.12. The lowest BCUT2D eigenvalue weighted by Crippen LogP contribution is -2.62. The average Bonchev–Trinajstić information content (AvgIpc) is 2.80. The fourth-order valence-electron chi connectivity index (χ4n) is 2.64. The van der Waals surface area contributed by atoms with Crippen LogP contribution >= 0.6 is 27.3 Å². The average molecular weight is 373 g/mol. The monoisotopic (exact) mass is 372 g/mol. The summed E-state index contributed by atoms with van der Waals surface area (Å²) < 4.78 is 1.00. The van der Waals surface area contributed by atoms with Crippen molar-refractivity contribution in [1.82, 2.24) is 10.2 Å². The van der Waals surface area contributed by atoms with Crippen LogP contribution in [0.1, 0.15) is 38.5 Å². The molecular formula is C15H21BrN2O2S. The van der Waals surface area contributed by atoms with Crippen LogP contribution in [0.5, 0.6) is 0 Å². The molecule has 2 rings (SSSR count). The van der Waals surface area contributed by atoms with Gasteiger partial charge in [0.15, 0.2) is 0 Å². The first-order valence-electron chi connectivity index (χ1n) is 7.26. The second kappa shape index (κ2) is 6.92. The van der Waals surface area contributed by atoms with Crippen molar-refractivity contribution in [3.8, 4) is 0 Å². The highest BCUT2D eigenvalue weighted by Crippen LogP contribution is 2.27. The predicted molar refractivity (Wildman–Crippen MR) is 88.0 cm³/mol. The third-order valence-corrected chi connectivity index (χ3v) is 5.59. The summed E-state index contributed by atoms with van der Waals surface area (Å²) in [4.78, 5) is 27.8. The van der Waals surface area contributed by atoms with E-state index in [4.69, 9.17) is 0 Å². The molecule has 2 heterocycles. The molecule has 4 nitrogen and oxygen atoms in total. The van der Waals surface area contributed by atoms with Gasteiger partial charge in [0, 0.05) is 9.35 Å². The molecule has 0 aromatic carbocycles. The standard InChI is InChI=1S/C15H21BrN2O2S/c1-4-12-14(19)17-11(7-9(2)3)15(20)18(12)8-13-10(16)5-6-21-13/h5-6,9,11-12H,4,7-8H2,1-3H3,(H,17,19). The van der Waals surface area contributed by atoms with Crippen molar-refractivity contribution in [2.24, 2.45) is 5.92 Å². The minimum atomic E-state index is -0.390. The Labute approximate surface area is 138 Å². The predicted octanol–water partition coefficient (Wildman–Crippen LogP) is 3.16. The lowest BCUT2D eigenvalue weighted by molar-refractivity contribution is -0.150. The zero-order chi connectivity index (χ0) is 15.6. The van der Waals surface area contributed by atoms with Gasteiger partial charge < -0.3 is 10.2 Å². The molecule has 1 N–H and O–H groups in total. The summed E-state index contributed by atoms with van der Waals surface area (Å²) in [5.41, 5.74) is 0. The van der Waals surface area contributed by atoms with E-state index < -0.39 is 0 Å². The molecule has 0 saturated carbocycles. The minimum absolute atomic E-state index is 0.0320. The Morgan fingerprint density at radius 1 is 1.43 bits per heavy atom. The molecule has 1 aliphatic rings.